The van der Waals surface area contributed by atoms with Gasteiger partial charge in [-0.1, -0.05) is 88.7 Å². The molecule has 0 heterocycles. The van der Waals surface area contributed by atoms with Crippen molar-refractivity contribution in [3.8, 4) is 0 Å². The Bertz CT molecular complexity index is 1140. The molecule has 0 bridgehead atoms. The largest absolute Gasteiger partial charge is 0.389 e. The van der Waals surface area contributed by atoms with Crippen molar-refractivity contribution in [2.75, 3.05) is 0 Å². The smallest absolute Gasteiger partial charge is 0.173 e. The zero-order valence-electron chi connectivity index (χ0n) is 17.6. The van der Waals surface area contributed by atoms with Gasteiger partial charge in [-0.3, -0.25) is 14.4 Å². The molecule has 3 aromatic rings. The topological polar surface area (TPSA) is 71.4 Å². The molecule has 1 fully saturated rings. The Balaban J connectivity index is 1.89. The van der Waals surface area contributed by atoms with Crippen LogP contribution in [0.2, 0.25) is 0 Å². The van der Waals surface area contributed by atoms with Crippen LogP contribution in [0.3, 0.4) is 0 Å². The number of Topliss-reactive ketones (excluding diaryl/α,β-unsaturated/α-hetero) is 3. The van der Waals surface area contributed by atoms with Crippen molar-refractivity contribution >= 4 is 33.3 Å². The molecule has 0 aromatic heterocycles. The molecule has 4 nitrogen and oxygen atoms in total. The van der Waals surface area contributed by atoms with E-state index in [1.54, 1.807) is 66.7 Å². The quantitative estimate of drug-likeness (QED) is 0.391. The number of ketones is 3. The molecule has 1 aliphatic carbocycles. The molecular formula is C27H23BrO4. The second-order valence-corrected chi connectivity index (χ2v) is 9.41. The molecule has 1 saturated carbocycles. The average molecular weight is 491 g/mol. The number of rotatable bonds is 5. The van der Waals surface area contributed by atoms with Crippen molar-refractivity contribution in [3.63, 3.8) is 0 Å². The minimum Gasteiger partial charge on any atom is -0.389 e. The van der Waals surface area contributed by atoms with Gasteiger partial charge in [-0.25, -0.2) is 0 Å². The molecule has 32 heavy (non-hydrogen) atoms. The predicted octanol–water partition coefficient (Wildman–Crippen LogP) is 5.25. The molecule has 0 spiro atoms. The maximum Gasteiger partial charge on any atom is 0.173 e. The second-order valence-electron chi connectivity index (χ2n) is 8.49. The number of hydrogen-bond acceptors (Lipinski definition) is 4. The summed E-state index contributed by atoms with van der Waals surface area (Å²) in [5.41, 5.74) is -0.0551. The van der Waals surface area contributed by atoms with Crippen LogP contribution in [0.25, 0.3) is 0 Å². The van der Waals surface area contributed by atoms with Crippen LogP contribution < -0.4 is 0 Å². The summed E-state index contributed by atoms with van der Waals surface area (Å²) in [4.78, 5) is 40.5. The van der Waals surface area contributed by atoms with Crippen molar-refractivity contribution in [2.45, 2.75) is 24.9 Å². The molecule has 3 aromatic carbocycles. The summed E-state index contributed by atoms with van der Waals surface area (Å²) in [6, 6.07) is 24.6. The lowest BCUT2D eigenvalue weighted by Gasteiger charge is -2.45. The lowest BCUT2D eigenvalue weighted by Crippen LogP contribution is -2.54. The van der Waals surface area contributed by atoms with Gasteiger partial charge in [0.25, 0.3) is 0 Å². The lowest BCUT2D eigenvalue weighted by molar-refractivity contribution is -0.134. The third-order valence-corrected chi connectivity index (χ3v) is 6.73. The fourth-order valence-corrected chi connectivity index (χ4v) is 5.01. The van der Waals surface area contributed by atoms with Crippen molar-refractivity contribution in [2.24, 2.45) is 11.8 Å². The molecule has 0 aliphatic heterocycles. The number of carbonyl (C=O) groups is 3. The Kier molecular flexibility index (Phi) is 6.22. The molecule has 5 heteroatoms. The van der Waals surface area contributed by atoms with Gasteiger partial charge in [0.2, 0.25) is 0 Å². The van der Waals surface area contributed by atoms with E-state index >= 15 is 0 Å². The maximum atomic E-state index is 13.7. The molecule has 1 N–H and O–H groups in total. The van der Waals surface area contributed by atoms with E-state index in [1.807, 2.05) is 18.2 Å². The molecule has 0 unspecified atom stereocenters. The lowest BCUT2D eigenvalue weighted by atomic mass is 9.58. The first-order chi connectivity index (χ1) is 15.3. The Morgan fingerprint density at radius 3 is 1.88 bits per heavy atom. The van der Waals surface area contributed by atoms with E-state index in [4.69, 9.17) is 0 Å². The van der Waals surface area contributed by atoms with Crippen LogP contribution in [0.1, 0.15) is 45.5 Å². The Hall–Kier alpha value is -2.89. The standard InChI is InChI=1S/C27H23BrO4/c1-27(32)16-21(29)23(25(30)18-8-4-2-5-9-18)22(17-12-14-20(28)15-13-17)24(27)26(31)19-10-6-3-7-11-19/h2-15,22-24,32H,16H2,1H3/t22-,23-,24+,27-/m0/s1. The third kappa shape index (κ3) is 4.23. The van der Waals surface area contributed by atoms with Gasteiger partial charge in [0.1, 0.15) is 5.78 Å². The first kappa shape index (κ1) is 22.3. The summed E-state index contributed by atoms with van der Waals surface area (Å²) in [5, 5.41) is 11.3. The fourth-order valence-electron chi connectivity index (χ4n) is 4.74. The molecule has 0 saturated heterocycles. The zero-order chi connectivity index (χ0) is 22.9. The first-order valence-electron chi connectivity index (χ1n) is 10.5. The maximum absolute atomic E-state index is 13.7. The Morgan fingerprint density at radius 1 is 0.844 bits per heavy atom. The first-order valence-corrected chi connectivity index (χ1v) is 11.3. The summed E-state index contributed by atoms with van der Waals surface area (Å²) >= 11 is 3.42. The summed E-state index contributed by atoms with van der Waals surface area (Å²) in [6.07, 6.45) is -0.257. The highest BCUT2D eigenvalue weighted by Crippen LogP contribution is 2.48. The van der Waals surface area contributed by atoms with E-state index in [9.17, 15) is 19.5 Å². The van der Waals surface area contributed by atoms with Crippen LogP contribution in [-0.2, 0) is 4.79 Å². The SMILES string of the molecule is C[C@]1(O)CC(=O)[C@H](C(=O)c2ccccc2)[C@H](c2ccc(Br)cc2)[C@@H]1C(=O)c1ccccc1. The molecule has 162 valence electrons. The number of aliphatic hydroxyl groups is 1. The molecule has 0 amide bonds. The van der Waals surface area contributed by atoms with Crippen LogP contribution in [-0.4, -0.2) is 28.1 Å². The molecular weight excluding hydrogens is 468 g/mol. The molecule has 4 atom stereocenters. The molecule has 1 aliphatic rings. The van der Waals surface area contributed by atoms with Crippen molar-refractivity contribution in [1.29, 1.82) is 0 Å². The van der Waals surface area contributed by atoms with E-state index in [0.29, 0.717) is 16.7 Å². The zero-order valence-corrected chi connectivity index (χ0v) is 19.2. The van der Waals surface area contributed by atoms with E-state index < -0.39 is 23.4 Å². The summed E-state index contributed by atoms with van der Waals surface area (Å²) in [5.74, 6) is -3.77. The second kappa shape index (κ2) is 8.93. The molecule has 0 radical (unpaired) electrons. The number of carbonyl (C=O) groups excluding carboxylic acids is 3. The highest BCUT2D eigenvalue weighted by Gasteiger charge is 2.55. The Morgan fingerprint density at radius 2 is 1.34 bits per heavy atom. The van der Waals surface area contributed by atoms with E-state index in [2.05, 4.69) is 15.9 Å². The van der Waals surface area contributed by atoms with Crippen molar-refractivity contribution in [1.82, 2.24) is 0 Å². The van der Waals surface area contributed by atoms with Crippen molar-refractivity contribution in [3.05, 3.63) is 106 Å². The van der Waals surface area contributed by atoms with E-state index in [0.717, 1.165) is 4.47 Å². The minimum absolute atomic E-state index is 0.257. The number of benzene rings is 3. The van der Waals surface area contributed by atoms with Crippen LogP contribution in [0.15, 0.2) is 89.4 Å². The molecule has 4 rings (SSSR count). The van der Waals surface area contributed by atoms with Crippen LogP contribution in [0.4, 0.5) is 0 Å². The minimum atomic E-state index is -1.59. The van der Waals surface area contributed by atoms with Gasteiger partial charge in [-0.05, 0) is 24.6 Å². The highest BCUT2D eigenvalue weighted by atomic mass is 79.9. The van der Waals surface area contributed by atoms with Gasteiger partial charge in [0, 0.05) is 27.9 Å². The van der Waals surface area contributed by atoms with Gasteiger partial charge < -0.3 is 5.11 Å². The van der Waals surface area contributed by atoms with E-state index in [-0.39, 0.29) is 23.8 Å². The van der Waals surface area contributed by atoms with Gasteiger partial charge in [0.15, 0.2) is 11.6 Å². The number of halogens is 1. The monoisotopic (exact) mass is 490 g/mol. The Labute approximate surface area is 195 Å². The van der Waals surface area contributed by atoms with Gasteiger partial charge >= 0.3 is 0 Å². The van der Waals surface area contributed by atoms with Crippen LogP contribution in [0, 0.1) is 11.8 Å². The van der Waals surface area contributed by atoms with Gasteiger partial charge in [-0.15, -0.1) is 0 Å². The fraction of sp³-hybridized carbons (Fsp3) is 0.222. The normalized spacial score (nSPS) is 25.3. The van der Waals surface area contributed by atoms with Gasteiger partial charge in [-0.2, -0.15) is 0 Å². The predicted molar refractivity (Wildman–Crippen MR) is 126 cm³/mol. The van der Waals surface area contributed by atoms with Gasteiger partial charge in [0.05, 0.1) is 17.4 Å². The summed E-state index contributed by atoms with van der Waals surface area (Å²) < 4.78 is 0.840. The van der Waals surface area contributed by atoms with Crippen LogP contribution in [0.5, 0.6) is 0 Å². The highest BCUT2D eigenvalue weighted by molar-refractivity contribution is 9.10. The average Bonchev–Trinajstić information content (AvgIpc) is 2.79. The summed E-state index contributed by atoms with van der Waals surface area (Å²) in [7, 11) is 0. The van der Waals surface area contributed by atoms with Crippen molar-refractivity contribution < 1.29 is 19.5 Å². The van der Waals surface area contributed by atoms with E-state index in [1.165, 1.54) is 6.92 Å². The third-order valence-electron chi connectivity index (χ3n) is 6.20. The summed E-state index contributed by atoms with van der Waals surface area (Å²) in [6.45, 7) is 1.52. The number of hydrogen-bond donors (Lipinski definition) is 1. The van der Waals surface area contributed by atoms with Crippen LogP contribution >= 0.6 is 15.9 Å².